The van der Waals surface area contributed by atoms with Crippen molar-refractivity contribution >= 4 is 0 Å². The molecule has 1 fully saturated rings. The summed E-state index contributed by atoms with van der Waals surface area (Å²) in [7, 11) is 1.75. The molecule has 1 aliphatic rings. The molecule has 0 saturated carbocycles. The number of hydrogen-bond donors (Lipinski definition) is 1. The number of nitrogens with one attached hydrogen (secondary N) is 1. The molecule has 0 unspecified atom stereocenters. The minimum absolute atomic E-state index is 0.201. The van der Waals surface area contributed by atoms with E-state index in [1.165, 1.54) is 11.1 Å². The Balaban J connectivity index is 2.19. The summed E-state index contributed by atoms with van der Waals surface area (Å²) in [5.41, 5.74) is 2.78. The van der Waals surface area contributed by atoms with Crippen molar-refractivity contribution < 1.29 is 4.74 Å². The Hall–Kier alpha value is -1.06. The zero-order chi connectivity index (χ0) is 13.2. The van der Waals surface area contributed by atoms with Crippen LogP contribution in [0, 0.1) is 6.92 Å². The van der Waals surface area contributed by atoms with Crippen LogP contribution in [0.5, 0.6) is 5.75 Å². The second kappa shape index (κ2) is 5.29. The highest BCUT2D eigenvalue weighted by molar-refractivity contribution is 5.37. The van der Waals surface area contributed by atoms with Gasteiger partial charge in [-0.15, -0.1) is 0 Å². The second-order valence-electron chi connectivity index (χ2n) is 5.73. The van der Waals surface area contributed by atoms with Gasteiger partial charge >= 0.3 is 0 Å². The Bertz CT molecular complexity index is 415. The van der Waals surface area contributed by atoms with Crippen LogP contribution < -0.4 is 10.1 Å². The molecule has 0 atom stereocenters. The van der Waals surface area contributed by atoms with Gasteiger partial charge in [0.25, 0.3) is 0 Å². The summed E-state index contributed by atoms with van der Waals surface area (Å²) in [5.74, 6) is 0.995. The van der Waals surface area contributed by atoms with Crippen LogP contribution in [0.2, 0.25) is 0 Å². The molecule has 3 heteroatoms. The van der Waals surface area contributed by atoms with Crippen LogP contribution in [0.3, 0.4) is 0 Å². The summed E-state index contributed by atoms with van der Waals surface area (Å²) in [6.45, 7) is 10.9. The highest BCUT2D eigenvalue weighted by atomic mass is 16.5. The highest BCUT2D eigenvalue weighted by Crippen LogP contribution is 2.25. The maximum Gasteiger partial charge on any atom is 0.123 e. The summed E-state index contributed by atoms with van der Waals surface area (Å²) in [5, 5.41) is 3.46. The molecule has 100 valence electrons. The van der Waals surface area contributed by atoms with Gasteiger partial charge < -0.3 is 10.1 Å². The Morgan fingerprint density at radius 1 is 1.39 bits per heavy atom. The minimum Gasteiger partial charge on any atom is -0.496 e. The Morgan fingerprint density at radius 2 is 2.17 bits per heavy atom. The lowest BCUT2D eigenvalue weighted by atomic mass is 9.98. The summed E-state index contributed by atoms with van der Waals surface area (Å²) >= 11 is 0. The molecule has 3 nitrogen and oxygen atoms in total. The van der Waals surface area contributed by atoms with E-state index in [1.807, 2.05) is 0 Å². The Labute approximate surface area is 110 Å². The molecule has 0 bridgehead atoms. The normalized spacial score (nSPS) is 19.8. The van der Waals surface area contributed by atoms with E-state index in [0.29, 0.717) is 0 Å². The van der Waals surface area contributed by atoms with Crippen LogP contribution >= 0.6 is 0 Å². The van der Waals surface area contributed by atoms with Crippen molar-refractivity contribution in [3.63, 3.8) is 0 Å². The fourth-order valence-electron chi connectivity index (χ4n) is 2.55. The number of rotatable bonds is 3. The van der Waals surface area contributed by atoms with E-state index in [-0.39, 0.29) is 5.54 Å². The van der Waals surface area contributed by atoms with Crippen LogP contribution in [0.4, 0.5) is 0 Å². The molecule has 1 saturated heterocycles. The average molecular weight is 248 g/mol. The number of nitrogens with zero attached hydrogens (tertiary/aromatic N) is 1. The van der Waals surface area contributed by atoms with Crippen molar-refractivity contribution in [1.29, 1.82) is 0 Å². The molecular weight excluding hydrogens is 224 g/mol. The number of aryl methyl sites for hydroxylation is 1. The predicted molar refractivity (Wildman–Crippen MR) is 75.1 cm³/mol. The molecule has 18 heavy (non-hydrogen) atoms. The maximum absolute atomic E-state index is 5.47. The van der Waals surface area contributed by atoms with Gasteiger partial charge in [0.1, 0.15) is 5.75 Å². The second-order valence-corrected chi connectivity index (χ2v) is 5.73. The third-order valence-corrected chi connectivity index (χ3v) is 3.77. The zero-order valence-corrected chi connectivity index (χ0v) is 11.9. The van der Waals surface area contributed by atoms with Gasteiger partial charge in [-0.05, 0) is 26.8 Å². The van der Waals surface area contributed by atoms with E-state index in [0.717, 1.165) is 31.9 Å². The average Bonchev–Trinajstić information content (AvgIpc) is 2.32. The number of ether oxygens (including phenoxy) is 1. The molecule has 1 N–H and O–H groups in total. The molecule has 1 aromatic carbocycles. The lowest BCUT2D eigenvalue weighted by Crippen LogP contribution is -2.57. The fraction of sp³-hybridized carbons (Fsp3) is 0.600. The molecule has 0 aliphatic carbocycles. The van der Waals surface area contributed by atoms with Crippen molar-refractivity contribution in [3.8, 4) is 5.75 Å². The topological polar surface area (TPSA) is 24.5 Å². The monoisotopic (exact) mass is 248 g/mol. The van der Waals surface area contributed by atoms with Gasteiger partial charge in [-0.2, -0.15) is 0 Å². The third kappa shape index (κ3) is 2.85. The van der Waals surface area contributed by atoms with E-state index < -0.39 is 0 Å². The van der Waals surface area contributed by atoms with Crippen LogP contribution in [-0.4, -0.2) is 37.2 Å². The summed E-state index contributed by atoms with van der Waals surface area (Å²) in [6, 6.07) is 6.40. The number of benzene rings is 1. The van der Waals surface area contributed by atoms with Crippen LogP contribution in [0.1, 0.15) is 25.0 Å². The fourth-order valence-corrected chi connectivity index (χ4v) is 2.55. The van der Waals surface area contributed by atoms with Gasteiger partial charge in [-0.25, -0.2) is 0 Å². The molecular formula is C15H24N2O. The van der Waals surface area contributed by atoms with Crippen molar-refractivity contribution in [1.82, 2.24) is 10.2 Å². The minimum atomic E-state index is 0.201. The molecule has 0 radical (unpaired) electrons. The van der Waals surface area contributed by atoms with Crippen molar-refractivity contribution in [2.45, 2.75) is 32.9 Å². The lowest BCUT2D eigenvalue weighted by Gasteiger charge is -2.43. The maximum atomic E-state index is 5.47. The smallest absolute Gasteiger partial charge is 0.123 e. The number of hydrogen-bond acceptors (Lipinski definition) is 3. The SMILES string of the molecule is COc1ccc(C)cc1CN1CCNCC1(C)C. The van der Waals surface area contributed by atoms with Crippen molar-refractivity contribution in [3.05, 3.63) is 29.3 Å². The summed E-state index contributed by atoms with van der Waals surface area (Å²) < 4.78 is 5.47. The summed E-state index contributed by atoms with van der Waals surface area (Å²) in [6.07, 6.45) is 0. The number of methoxy groups -OCH3 is 1. The number of piperazine rings is 1. The van der Waals surface area contributed by atoms with Crippen molar-refractivity contribution in [2.24, 2.45) is 0 Å². The lowest BCUT2D eigenvalue weighted by molar-refractivity contribution is 0.0819. The van der Waals surface area contributed by atoms with Crippen molar-refractivity contribution in [2.75, 3.05) is 26.7 Å². The zero-order valence-electron chi connectivity index (χ0n) is 11.9. The first kappa shape index (κ1) is 13.4. The van der Waals surface area contributed by atoms with Crippen LogP contribution in [0.15, 0.2) is 18.2 Å². The van der Waals surface area contributed by atoms with Gasteiger partial charge in [-0.3, -0.25) is 4.90 Å². The first-order chi connectivity index (χ1) is 8.53. The molecule has 0 aromatic heterocycles. The van der Waals surface area contributed by atoms with E-state index in [1.54, 1.807) is 7.11 Å². The first-order valence-electron chi connectivity index (χ1n) is 6.62. The standard InChI is InChI=1S/C15H24N2O/c1-12-5-6-14(18-4)13(9-12)10-17-8-7-16-11-15(17,2)3/h5-6,9,16H,7-8,10-11H2,1-4H3. The largest absolute Gasteiger partial charge is 0.496 e. The van der Waals surface area contributed by atoms with Gasteiger partial charge in [-0.1, -0.05) is 17.7 Å². The molecule has 1 heterocycles. The molecule has 1 aliphatic heterocycles. The molecule has 0 spiro atoms. The van der Waals surface area contributed by atoms with Gasteiger partial charge in [0.15, 0.2) is 0 Å². The first-order valence-corrected chi connectivity index (χ1v) is 6.62. The molecule has 2 rings (SSSR count). The quantitative estimate of drug-likeness (QED) is 0.887. The molecule has 0 amide bonds. The highest BCUT2D eigenvalue weighted by Gasteiger charge is 2.29. The van der Waals surface area contributed by atoms with E-state index in [9.17, 15) is 0 Å². The Morgan fingerprint density at radius 3 is 2.83 bits per heavy atom. The van der Waals surface area contributed by atoms with E-state index >= 15 is 0 Å². The predicted octanol–water partition coefficient (Wildman–Crippen LogP) is 2.19. The van der Waals surface area contributed by atoms with Crippen LogP contribution in [-0.2, 0) is 6.54 Å². The summed E-state index contributed by atoms with van der Waals surface area (Å²) in [4.78, 5) is 2.53. The van der Waals surface area contributed by atoms with Gasteiger partial charge in [0, 0.05) is 37.3 Å². The Kier molecular flexibility index (Phi) is 3.93. The third-order valence-electron chi connectivity index (χ3n) is 3.77. The van der Waals surface area contributed by atoms with E-state index in [2.05, 4.69) is 49.2 Å². The van der Waals surface area contributed by atoms with Crippen LogP contribution in [0.25, 0.3) is 0 Å². The van der Waals surface area contributed by atoms with E-state index in [4.69, 9.17) is 4.74 Å². The molecule has 1 aromatic rings. The van der Waals surface area contributed by atoms with Gasteiger partial charge in [0.2, 0.25) is 0 Å². The van der Waals surface area contributed by atoms with Gasteiger partial charge in [0.05, 0.1) is 7.11 Å².